The van der Waals surface area contributed by atoms with Crippen molar-refractivity contribution in [3.8, 4) is 11.4 Å². The van der Waals surface area contributed by atoms with Gasteiger partial charge in [-0.3, -0.25) is 15.2 Å². The molecule has 1 amide bonds. The lowest BCUT2D eigenvalue weighted by atomic mass is 10.0. The van der Waals surface area contributed by atoms with E-state index < -0.39 is 0 Å². The number of hydrogen-bond donors (Lipinski definition) is 2. The van der Waals surface area contributed by atoms with Gasteiger partial charge in [0.2, 0.25) is 5.91 Å². The van der Waals surface area contributed by atoms with Crippen LogP contribution in [0, 0.1) is 5.82 Å². The van der Waals surface area contributed by atoms with Crippen LogP contribution in [0.5, 0.6) is 0 Å². The van der Waals surface area contributed by atoms with Crippen LogP contribution in [0.3, 0.4) is 0 Å². The summed E-state index contributed by atoms with van der Waals surface area (Å²) in [4.78, 5) is 22.4. The first-order valence-electron chi connectivity index (χ1n) is 10.0. The van der Waals surface area contributed by atoms with Gasteiger partial charge in [-0.25, -0.2) is 9.40 Å². The Morgan fingerprint density at radius 3 is 2.79 bits per heavy atom. The van der Waals surface area contributed by atoms with E-state index in [2.05, 4.69) is 27.3 Å². The quantitative estimate of drug-likeness (QED) is 0.674. The van der Waals surface area contributed by atoms with E-state index in [1.165, 1.54) is 6.07 Å². The summed E-state index contributed by atoms with van der Waals surface area (Å²) in [7, 11) is 2.09. The van der Waals surface area contributed by atoms with Gasteiger partial charge in [-0.05, 0) is 55.8 Å². The van der Waals surface area contributed by atoms with Gasteiger partial charge < -0.3 is 9.88 Å². The maximum absolute atomic E-state index is 13.9. The summed E-state index contributed by atoms with van der Waals surface area (Å²) in [6.07, 6.45) is 3.53. The molecule has 0 bridgehead atoms. The molecule has 0 radical (unpaired) electrons. The first-order chi connectivity index (χ1) is 14.1. The summed E-state index contributed by atoms with van der Waals surface area (Å²) in [6, 6.07) is 10.5. The monoisotopic (exact) mass is 395 g/mol. The van der Waals surface area contributed by atoms with Crippen molar-refractivity contribution < 1.29 is 9.18 Å². The number of benzene rings is 1. The number of amides is 1. The molecular formula is C22H26FN5O. The van der Waals surface area contributed by atoms with Gasteiger partial charge in [-0.15, -0.1) is 0 Å². The number of halogens is 1. The van der Waals surface area contributed by atoms with Gasteiger partial charge in [-0.2, -0.15) is 0 Å². The summed E-state index contributed by atoms with van der Waals surface area (Å²) in [6.45, 7) is 3.59. The van der Waals surface area contributed by atoms with Gasteiger partial charge in [0.25, 0.3) is 0 Å². The number of carbonyl (C=O) groups excluding carboxylic acids is 1. The maximum atomic E-state index is 13.9. The Kier molecular flexibility index (Phi) is 5.87. The Morgan fingerprint density at radius 2 is 2.03 bits per heavy atom. The van der Waals surface area contributed by atoms with Crippen LogP contribution in [0.15, 0.2) is 42.6 Å². The van der Waals surface area contributed by atoms with Crippen molar-refractivity contribution in [2.75, 3.05) is 33.2 Å². The lowest BCUT2D eigenvalue weighted by molar-refractivity contribution is -0.126. The second-order valence-corrected chi connectivity index (χ2v) is 7.56. The second-order valence-electron chi connectivity index (χ2n) is 7.56. The number of carbonyl (C=O) groups is 1. The third kappa shape index (κ3) is 4.63. The summed E-state index contributed by atoms with van der Waals surface area (Å²) >= 11 is 0. The Hall–Kier alpha value is -2.77. The van der Waals surface area contributed by atoms with Crippen LogP contribution in [0.2, 0.25) is 0 Å². The fourth-order valence-electron chi connectivity index (χ4n) is 3.79. The summed E-state index contributed by atoms with van der Waals surface area (Å²) in [5.41, 5.74) is 6.60. The first kappa shape index (κ1) is 19.5. The SMILES string of the molecule is CN1CCN(NC(=O)CCCc2c(-c3ccccn3)[nH]c3ccc(F)cc23)CC1. The number of nitrogens with zero attached hydrogens (tertiary/aromatic N) is 3. The first-order valence-corrected chi connectivity index (χ1v) is 10.0. The van der Waals surface area contributed by atoms with E-state index in [4.69, 9.17) is 0 Å². The molecule has 7 heteroatoms. The molecule has 3 heterocycles. The number of nitrogens with one attached hydrogen (secondary N) is 2. The van der Waals surface area contributed by atoms with Gasteiger partial charge in [0.1, 0.15) is 5.82 Å². The van der Waals surface area contributed by atoms with Crippen molar-refractivity contribution >= 4 is 16.8 Å². The predicted molar refractivity (Wildman–Crippen MR) is 112 cm³/mol. The van der Waals surface area contributed by atoms with Gasteiger partial charge in [0, 0.05) is 49.7 Å². The number of aromatic amines is 1. The third-order valence-corrected chi connectivity index (χ3v) is 5.41. The number of hydrazine groups is 1. The topological polar surface area (TPSA) is 64.3 Å². The van der Waals surface area contributed by atoms with Crippen molar-refractivity contribution in [1.29, 1.82) is 0 Å². The number of likely N-dealkylation sites (N-methyl/N-ethyl adjacent to an activating group) is 1. The van der Waals surface area contributed by atoms with Crippen LogP contribution in [-0.2, 0) is 11.2 Å². The van der Waals surface area contributed by atoms with Gasteiger partial charge in [0.05, 0.1) is 11.4 Å². The van der Waals surface area contributed by atoms with Crippen molar-refractivity contribution in [1.82, 2.24) is 25.3 Å². The molecule has 0 aliphatic carbocycles. The molecule has 6 nitrogen and oxygen atoms in total. The molecule has 1 saturated heterocycles. The molecule has 2 N–H and O–H groups in total. The molecule has 0 unspecified atom stereocenters. The summed E-state index contributed by atoms with van der Waals surface area (Å²) < 4.78 is 13.9. The van der Waals surface area contributed by atoms with Crippen molar-refractivity contribution in [3.05, 3.63) is 54.0 Å². The summed E-state index contributed by atoms with van der Waals surface area (Å²) in [5, 5.41) is 2.84. The lowest BCUT2D eigenvalue weighted by Gasteiger charge is -2.32. The van der Waals surface area contributed by atoms with Crippen LogP contribution < -0.4 is 5.43 Å². The Morgan fingerprint density at radius 1 is 1.21 bits per heavy atom. The molecule has 1 aliphatic heterocycles. The Bertz CT molecular complexity index is 980. The molecule has 0 saturated carbocycles. The highest BCUT2D eigenvalue weighted by atomic mass is 19.1. The molecule has 1 aromatic carbocycles. The summed E-state index contributed by atoms with van der Waals surface area (Å²) in [5.74, 6) is -0.238. The van der Waals surface area contributed by atoms with E-state index in [1.807, 2.05) is 23.2 Å². The van der Waals surface area contributed by atoms with E-state index >= 15 is 0 Å². The average molecular weight is 395 g/mol. The highest BCUT2D eigenvalue weighted by Crippen LogP contribution is 2.31. The van der Waals surface area contributed by atoms with E-state index in [-0.39, 0.29) is 11.7 Å². The maximum Gasteiger partial charge on any atom is 0.234 e. The smallest absolute Gasteiger partial charge is 0.234 e. The molecule has 2 aromatic heterocycles. The number of pyridine rings is 1. The number of aromatic nitrogens is 2. The van der Waals surface area contributed by atoms with Crippen molar-refractivity contribution in [2.45, 2.75) is 19.3 Å². The molecule has 29 heavy (non-hydrogen) atoms. The molecule has 0 spiro atoms. The zero-order valence-electron chi connectivity index (χ0n) is 16.6. The minimum absolute atomic E-state index is 0.0277. The molecule has 152 valence electrons. The molecule has 1 aliphatic rings. The van der Waals surface area contributed by atoms with Crippen LogP contribution in [0.25, 0.3) is 22.3 Å². The standard InChI is InChI=1S/C22H26FN5O/c1-27-11-13-28(14-12-27)26-21(29)7-4-5-17-18-15-16(23)8-9-19(18)25-22(17)20-6-2-3-10-24-20/h2-3,6,8-10,15,25H,4-5,7,11-14H2,1H3,(H,26,29). The predicted octanol–water partition coefficient (Wildman–Crippen LogP) is 2.97. The minimum atomic E-state index is -0.266. The Labute approximate surface area is 169 Å². The van der Waals surface area contributed by atoms with E-state index in [1.54, 1.807) is 18.3 Å². The Balaban J connectivity index is 1.45. The van der Waals surface area contributed by atoms with Crippen molar-refractivity contribution in [2.24, 2.45) is 0 Å². The zero-order chi connectivity index (χ0) is 20.2. The van der Waals surface area contributed by atoms with Gasteiger partial charge in [0.15, 0.2) is 0 Å². The average Bonchev–Trinajstić information content (AvgIpc) is 3.08. The van der Waals surface area contributed by atoms with E-state index in [0.717, 1.165) is 54.0 Å². The van der Waals surface area contributed by atoms with Crippen LogP contribution >= 0.6 is 0 Å². The van der Waals surface area contributed by atoms with Crippen LogP contribution in [0.4, 0.5) is 4.39 Å². The minimum Gasteiger partial charge on any atom is -0.353 e. The normalized spacial score (nSPS) is 15.7. The number of fused-ring (bicyclic) bond motifs is 1. The molecule has 0 atom stereocenters. The third-order valence-electron chi connectivity index (χ3n) is 5.41. The number of rotatable bonds is 6. The van der Waals surface area contributed by atoms with Crippen LogP contribution in [-0.4, -0.2) is 59.0 Å². The second kappa shape index (κ2) is 8.71. The zero-order valence-corrected chi connectivity index (χ0v) is 16.6. The van der Waals surface area contributed by atoms with Gasteiger partial charge >= 0.3 is 0 Å². The van der Waals surface area contributed by atoms with Crippen molar-refractivity contribution in [3.63, 3.8) is 0 Å². The van der Waals surface area contributed by atoms with Crippen LogP contribution in [0.1, 0.15) is 18.4 Å². The van der Waals surface area contributed by atoms with E-state index in [9.17, 15) is 9.18 Å². The number of aryl methyl sites for hydroxylation is 1. The molecule has 1 fully saturated rings. The fourth-order valence-corrected chi connectivity index (χ4v) is 3.79. The number of piperazine rings is 1. The van der Waals surface area contributed by atoms with E-state index in [0.29, 0.717) is 19.3 Å². The number of H-pyrrole nitrogens is 1. The molecule has 4 rings (SSSR count). The fraction of sp³-hybridized carbons (Fsp3) is 0.364. The highest BCUT2D eigenvalue weighted by Gasteiger charge is 2.17. The van der Waals surface area contributed by atoms with Gasteiger partial charge in [-0.1, -0.05) is 6.07 Å². The largest absolute Gasteiger partial charge is 0.353 e. The molecular weight excluding hydrogens is 369 g/mol. The number of hydrogen-bond acceptors (Lipinski definition) is 4. The highest BCUT2D eigenvalue weighted by molar-refractivity contribution is 5.90. The molecule has 3 aromatic rings. The lowest BCUT2D eigenvalue weighted by Crippen LogP contribution is -2.52.